The molecular weight excluding hydrogens is 298 g/mol. The molecule has 1 heterocycles. The minimum atomic E-state index is -1.20. The predicted molar refractivity (Wildman–Crippen MR) is 89.9 cm³/mol. The van der Waals surface area contributed by atoms with Crippen molar-refractivity contribution in [2.24, 2.45) is 0 Å². The lowest BCUT2D eigenvalue weighted by Gasteiger charge is -2.23. The summed E-state index contributed by atoms with van der Waals surface area (Å²) in [4.78, 5) is 26.6. The summed E-state index contributed by atoms with van der Waals surface area (Å²) in [5.41, 5.74) is 0.579. The van der Waals surface area contributed by atoms with Crippen molar-refractivity contribution in [3.05, 3.63) is 102 Å². The van der Waals surface area contributed by atoms with E-state index < -0.39 is 5.41 Å². The second-order valence-corrected chi connectivity index (χ2v) is 6.02. The van der Waals surface area contributed by atoms with Gasteiger partial charge < -0.3 is 0 Å². The van der Waals surface area contributed by atoms with Crippen LogP contribution in [-0.4, -0.2) is 11.6 Å². The van der Waals surface area contributed by atoms with E-state index >= 15 is 0 Å². The van der Waals surface area contributed by atoms with Gasteiger partial charge >= 0.3 is 0 Å². The average Bonchev–Trinajstić information content (AvgIpc) is 2.86. The second kappa shape index (κ2) is 5.53. The van der Waals surface area contributed by atoms with Crippen LogP contribution in [0.25, 0.3) is 0 Å². The SMILES string of the molecule is O=C1c2ccccc2C(=O)C1(C[n+]1ccccc1)c1ccccc1. The second-order valence-electron chi connectivity index (χ2n) is 6.02. The molecule has 3 nitrogen and oxygen atoms in total. The van der Waals surface area contributed by atoms with Crippen molar-refractivity contribution >= 4 is 11.6 Å². The molecule has 116 valence electrons. The Bertz CT molecular complexity index is 882. The molecule has 0 unspecified atom stereocenters. The van der Waals surface area contributed by atoms with Crippen molar-refractivity contribution in [2.45, 2.75) is 12.0 Å². The average molecular weight is 314 g/mol. The number of hydrogen-bond donors (Lipinski definition) is 0. The van der Waals surface area contributed by atoms with Crippen molar-refractivity contribution < 1.29 is 14.2 Å². The number of carbonyl (C=O) groups is 2. The molecule has 4 rings (SSSR count). The largest absolute Gasteiger partial charge is 0.292 e. The minimum Gasteiger partial charge on any atom is -0.292 e. The summed E-state index contributed by atoms with van der Waals surface area (Å²) >= 11 is 0. The Morgan fingerprint density at radius 1 is 0.667 bits per heavy atom. The number of carbonyl (C=O) groups excluding carboxylic acids is 2. The van der Waals surface area contributed by atoms with E-state index in [9.17, 15) is 9.59 Å². The Kier molecular flexibility index (Phi) is 3.35. The van der Waals surface area contributed by atoms with Crippen molar-refractivity contribution in [2.75, 3.05) is 0 Å². The fourth-order valence-electron chi connectivity index (χ4n) is 3.48. The van der Waals surface area contributed by atoms with Gasteiger partial charge in [-0.1, -0.05) is 60.7 Å². The van der Waals surface area contributed by atoms with Crippen LogP contribution in [0.3, 0.4) is 0 Å². The van der Waals surface area contributed by atoms with Crippen LogP contribution in [0.15, 0.2) is 85.2 Å². The van der Waals surface area contributed by atoms with Gasteiger partial charge in [0.25, 0.3) is 0 Å². The van der Waals surface area contributed by atoms with Crippen molar-refractivity contribution in [1.82, 2.24) is 0 Å². The molecule has 0 N–H and O–H groups in total. The number of rotatable bonds is 3. The Labute approximate surface area is 140 Å². The molecule has 3 aromatic rings. The molecule has 0 fully saturated rings. The lowest BCUT2D eigenvalue weighted by molar-refractivity contribution is -0.700. The highest BCUT2D eigenvalue weighted by Gasteiger charge is 2.56. The Morgan fingerprint density at radius 3 is 1.75 bits per heavy atom. The van der Waals surface area contributed by atoms with Gasteiger partial charge in [0.2, 0.25) is 0 Å². The van der Waals surface area contributed by atoms with E-state index in [4.69, 9.17) is 0 Å². The van der Waals surface area contributed by atoms with E-state index in [1.807, 2.05) is 65.5 Å². The first-order valence-corrected chi connectivity index (χ1v) is 7.92. The fourth-order valence-corrected chi connectivity index (χ4v) is 3.48. The summed E-state index contributed by atoms with van der Waals surface area (Å²) in [6, 6.07) is 22.2. The molecule has 3 heteroatoms. The lowest BCUT2D eigenvalue weighted by atomic mass is 9.75. The maximum absolute atomic E-state index is 13.3. The molecule has 0 bridgehead atoms. The van der Waals surface area contributed by atoms with Gasteiger partial charge in [-0.05, 0) is 5.56 Å². The molecule has 0 aliphatic heterocycles. The van der Waals surface area contributed by atoms with Crippen molar-refractivity contribution in [3.63, 3.8) is 0 Å². The summed E-state index contributed by atoms with van der Waals surface area (Å²) in [6.45, 7) is 0.296. The van der Waals surface area contributed by atoms with Crippen LogP contribution in [-0.2, 0) is 12.0 Å². The summed E-state index contributed by atoms with van der Waals surface area (Å²) in [5, 5.41) is 0. The molecule has 1 aliphatic carbocycles. The molecule has 0 saturated heterocycles. The summed E-state index contributed by atoms with van der Waals surface area (Å²) < 4.78 is 1.90. The van der Waals surface area contributed by atoms with Gasteiger partial charge in [-0.3, -0.25) is 9.59 Å². The third kappa shape index (κ3) is 2.02. The zero-order valence-corrected chi connectivity index (χ0v) is 13.1. The van der Waals surface area contributed by atoms with Crippen LogP contribution in [0.2, 0.25) is 0 Å². The number of aromatic nitrogens is 1. The number of nitrogens with zero attached hydrogens (tertiary/aromatic N) is 1. The number of fused-ring (bicyclic) bond motifs is 1. The highest BCUT2D eigenvalue weighted by atomic mass is 16.2. The quantitative estimate of drug-likeness (QED) is 0.550. The van der Waals surface area contributed by atoms with Gasteiger partial charge in [0.15, 0.2) is 35.9 Å². The molecule has 0 saturated carbocycles. The van der Waals surface area contributed by atoms with Gasteiger partial charge in [-0.25, -0.2) is 4.57 Å². The third-order valence-electron chi connectivity index (χ3n) is 4.66. The van der Waals surface area contributed by atoms with E-state index in [1.165, 1.54) is 0 Å². The van der Waals surface area contributed by atoms with Crippen LogP contribution in [0, 0.1) is 0 Å². The molecule has 1 aromatic heterocycles. The van der Waals surface area contributed by atoms with E-state index in [1.54, 1.807) is 24.3 Å². The molecule has 0 spiro atoms. The van der Waals surface area contributed by atoms with Crippen molar-refractivity contribution in [1.29, 1.82) is 0 Å². The zero-order valence-electron chi connectivity index (χ0n) is 13.1. The topological polar surface area (TPSA) is 38.0 Å². The van der Waals surface area contributed by atoms with Crippen LogP contribution in [0.5, 0.6) is 0 Å². The fraction of sp³-hybridized carbons (Fsp3) is 0.0952. The molecule has 24 heavy (non-hydrogen) atoms. The first kappa shape index (κ1) is 14.5. The van der Waals surface area contributed by atoms with Gasteiger partial charge in [0.05, 0.1) is 0 Å². The molecule has 1 aliphatic rings. The number of Topliss-reactive ketones (excluding diaryl/α,β-unsaturated/α-hetero) is 2. The van der Waals surface area contributed by atoms with Crippen LogP contribution in [0.1, 0.15) is 26.3 Å². The molecule has 0 atom stereocenters. The maximum atomic E-state index is 13.3. The molecule has 2 aromatic carbocycles. The first-order valence-electron chi connectivity index (χ1n) is 7.92. The molecular formula is C21H16NO2+. The smallest absolute Gasteiger partial charge is 0.188 e. The summed E-state index contributed by atoms with van der Waals surface area (Å²) in [7, 11) is 0. The van der Waals surface area contributed by atoms with E-state index in [0.29, 0.717) is 17.7 Å². The van der Waals surface area contributed by atoms with Gasteiger partial charge in [-0.15, -0.1) is 0 Å². The normalized spacial score (nSPS) is 15.3. The standard InChI is InChI=1S/C21H16NO2/c23-19-17-11-5-6-12-18(17)20(24)21(19,16-9-3-1-4-10-16)15-22-13-7-2-8-14-22/h1-14H,15H2/q+1. The van der Waals surface area contributed by atoms with Gasteiger partial charge in [-0.2, -0.15) is 0 Å². The number of ketones is 2. The Balaban J connectivity index is 1.93. The van der Waals surface area contributed by atoms with Crippen LogP contribution in [0.4, 0.5) is 0 Å². The zero-order chi connectivity index (χ0) is 16.6. The maximum Gasteiger partial charge on any atom is 0.188 e. The number of pyridine rings is 1. The first-order chi connectivity index (χ1) is 11.7. The van der Waals surface area contributed by atoms with Crippen molar-refractivity contribution in [3.8, 4) is 0 Å². The van der Waals surface area contributed by atoms with E-state index in [-0.39, 0.29) is 11.6 Å². The summed E-state index contributed by atoms with van der Waals surface area (Å²) in [5.74, 6) is -0.240. The number of hydrogen-bond acceptors (Lipinski definition) is 2. The van der Waals surface area contributed by atoms with E-state index in [0.717, 1.165) is 5.56 Å². The number of benzene rings is 2. The van der Waals surface area contributed by atoms with Gasteiger partial charge in [0.1, 0.15) is 0 Å². The third-order valence-corrected chi connectivity index (χ3v) is 4.66. The monoisotopic (exact) mass is 314 g/mol. The molecule has 0 radical (unpaired) electrons. The summed E-state index contributed by atoms with van der Waals surface area (Å²) in [6.07, 6.45) is 3.77. The van der Waals surface area contributed by atoms with Crippen LogP contribution >= 0.6 is 0 Å². The Hall–Kier alpha value is -3.07. The predicted octanol–water partition coefficient (Wildman–Crippen LogP) is 2.99. The van der Waals surface area contributed by atoms with Crippen LogP contribution < -0.4 is 4.57 Å². The highest BCUT2D eigenvalue weighted by molar-refractivity contribution is 6.33. The lowest BCUT2D eigenvalue weighted by Crippen LogP contribution is -2.52. The van der Waals surface area contributed by atoms with Gasteiger partial charge in [0, 0.05) is 23.3 Å². The Morgan fingerprint density at radius 2 is 1.17 bits per heavy atom. The minimum absolute atomic E-state index is 0.120. The van der Waals surface area contributed by atoms with E-state index in [2.05, 4.69) is 0 Å². The highest BCUT2D eigenvalue weighted by Crippen LogP contribution is 2.40. The molecule has 0 amide bonds.